The van der Waals surface area contributed by atoms with E-state index >= 15 is 0 Å². The van der Waals surface area contributed by atoms with Crippen LogP contribution in [0.25, 0.3) is 0 Å². The molecule has 3 rings (SSSR count). The largest absolute Gasteiger partial charge is 0.301 e. The van der Waals surface area contributed by atoms with E-state index in [0.717, 1.165) is 10.7 Å². The molecule has 0 bridgehead atoms. The first-order valence-electron chi connectivity index (χ1n) is 7.90. The van der Waals surface area contributed by atoms with Crippen molar-refractivity contribution in [3.8, 4) is 0 Å². The molecule has 7 nitrogen and oxygen atoms in total. The van der Waals surface area contributed by atoms with Gasteiger partial charge in [0.2, 0.25) is 5.91 Å². The highest BCUT2D eigenvalue weighted by Crippen LogP contribution is 2.22. The number of halogens is 2. The van der Waals surface area contributed by atoms with Gasteiger partial charge in [-0.2, -0.15) is 5.10 Å². The summed E-state index contributed by atoms with van der Waals surface area (Å²) in [7, 11) is 0. The minimum absolute atomic E-state index is 0.0415. The maximum atomic E-state index is 12.8. The van der Waals surface area contributed by atoms with Gasteiger partial charge in [-0.1, -0.05) is 33.6 Å². The number of carbonyl (C=O) groups excluding carboxylic acids is 3. The lowest BCUT2D eigenvalue weighted by Crippen LogP contribution is -2.58. The summed E-state index contributed by atoms with van der Waals surface area (Å²) >= 11 is 14.2. The summed E-state index contributed by atoms with van der Waals surface area (Å²) in [6.45, 7) is 0. The van der Waals surface area contributed by atoms with Crippen molar-refractivity contribution in [3.05, 3.63) is 63.6 Å². The molecule has 1 aliphatic rings. The van der Waals surface area contributed by atoms with Crippen molar-refractivity contribution >= 4 is 74.5 Å². The van der Waals surface area contributed by atoms with E-state index in [-0.39, 0.29) is 5.11 Å². The SMILES string of the molecule is O=C(N/N=C\[C@H]1C(=O)NC(=S)N(c2ccc(Cl)cc2)C1=O)c1cccc(Br)c1. The molecule has 1 atom stereocenters. The normalized spacial score (nSPS) is 17.0. The molecule has 2 aromatic carbocycles. The standard InChI is InChI=1S/C18H12BrClN4O3S/c19-11-3-1-2-10(8-11)15(25)23-21-9-14-16(26)22-18(28)24(17(14)27)13-6-4-12(20)5-7-13/h1-9,14H,(H,23,25)(H,22,26,28)/b21-9-/t14-/m0/s1. The van der Waals surface area contributed by atoms with Crippen molar-refractivity contribution in [2.45, 2.75) is 0 Å². The number of hydrogen-bond acceptors (Lipinski definition) is 5. The van der Waals surface area contributed by atoms with Crippen molar-refractivity contribution in [2.75, 3.05) is 4.90 Å². The van der Waals surface area contributed by atoms with Crippen LogP contribution in [-0.4, -0.2) is 29.0 Å². The van der Waals surface area contributed by atoms with Crippen LogP contribution >= 0.6 is 39.7 Å². The maximum absolute atomic E-state index is 12.8. The molecule has 1 fully saturated rings. The number of nitrogens with one attached hydrogen (secondary N) is 2. The third-order valence-electron chi connectivity index (χ3n) is 3.76. The van der Waals surface area contributed by atoms with Crippen LogP contribution in [0.3, 0.4) is 0 Å². The number of carbonyl (C=O) groups is 3. The highest BCUT2D eigenvalue weighted by molar-refractivity contribution is 9.10. The zero-order valence-electron chi connectivity index (χ0n) is 14.1. The van der Waals surface area contributed by atoms with E-state index in [4.69, 9.17) is 23.8 Å². The van der Waals surface area contributed by atoms with Gasteiger partial charge in [-0.25, -0.2) is 5.43 Å². The van der Waals surface area contributed by atoms with E-state index in [0.29, 0.717) is 16.3 Å². The van der Waals surface area contributed by atoms with Crippen LogP contribution in [0, 0.1) is 5.92 Å². The molecule has 142 valence electrons. The molecule has 1 aliphatic heterocycles. The zero-order chi connectivity index (χ0) is 20.3. The Kier molecular flexibility index (Phi) is 6.18. The molecule has 0 unspecified atom stereocenters. The lowest BCUT2D eigenvalue weighted by molar-refractivity contribution is -0.130. The Morgan fingerprint density at radius 2 is 1.96 bits per heavy atom. The summed E-state index contributed by atoms with van der Waals surface area (Å²) in [5.74, 6) is -2.94. The average molecular weight is 480 g/mol. The monoisotopic (exact) mass is 478 g/mol. The van der Waals surface area contributed by atoms with Crippen LogP contribution in [0.2, 0.25) is 5.02 Å². The fourth-order valence-electron chi connectivity index (χ4n) is 2.42. The number of hydrogen-bond donors (Lipinski definition) is 2. The summed E-state index contributed by atoms with van der Waals surface area (Å²) in [6, 6.07) is 13.1. The fraction of sp³-hybridized carbons (Fsp3) is 0.0556. The van der Waals surface area contributed by atoms with E-state index in [2.05, 4.69) is 31.8 Å². The highest BCUT2D eigenvalue weighted by Gasteiger charge is 2.38. The van der Waals surface area contributed by atoms with Gasteiger partial charge in [0.15, 0.2) is 11.0 Å². The van der Waals surface area contributed by atoms with Crippen LogP contribution in [0.4, 0.5) is 5.69 Å². The molecule has 2 N–H and O–H groups in total. The van der Waals surface area contributed by atoms with E-state index in [1.165, 1.54) is 4.90 Å². The summed E-state index contributed by atoms with van der Waals surface area (Å²) in [6.07, 6.45) is 1.07. The Morgan fingerprint density at radius 3 is 2.64 bits per heavy atom. The Labute approximate surface area is 178 Å². The van der Waals surface area contributed by atoms with Gasteiger partial charge in [-0.15, -0.1) is 0 Å². The fourth-order valence-corrected chi connectivity index (χ4v) is 3.24. The average Bonchev–Trinajstić information content (AvgIpc) is 2.65. The molecule has 0 spiro atoms. The molecular weight excluding hydrogens is 468 g/mol. The maximum Gasteiger partial charge on any atom is 0.271 e. The lowest BCUT2D eigenvalue weighted by atomic mass is 10.1. The third-order valence-corrected chi connectivity index (χ3v) is 4.79. The van der Waals surface area contributed by atoms with Crippen LogP contribution in [-0.2, 0) is 9.59 Å². The van der Waals surface area contributed by atoms with E-state index in [1.54, 1.807) is 48.5 Å². The van der Waals surface area contributed by atoms with Gasteiger partial charge in [0.1, 0.15) is 0 Å². The predicted molar refractivity (Wildman–Crippen MR) is 113 cm³/mol. The van der Waals surface area contributed by atoms with Gasteiger partial charge in [-0.3, -0.25) is 19.3 Å². The van der Waals surface area contributed by atoms with Crippen LogP contribution < -0.4 is 15.6 Å². The van der Waals surface area contributed by atoms with E-state index in [9.17, 15) is 14.4 Å². The molecule has 0 saturated carbocycles. The lowest BCUT2D eigenvalue weighted by Gasteiger charge is -2.30. The van der Waals surface area contributed by atoms with Gasteiger partial charge in [0.05, 0.1) is 5.69 Å². The predicted octanol–water partition coefficient (Wildman–Crippen LogP) is 2.88. The number of anilines is 1. The third kappa shape index (κ3) is 4.44. The smallest absolute Gasteiger partial charge is 0.271 e. The molecule has 0 aromatic heterocycles. The Balaban J connectivity index is 1.75. The summed E-state index contributed by atoms with van der Waals surface area (Å²) in [4.78, 5) is 38.2. The molecular formula is C18H12BrClN4O3S. The van der Waals surface area contributed by atoms with Crippen molar-refractivity contribution < 1.29 is 14.4 Å². The molecule has 1 heterocycles. The van der Waals surface area contributed by atoms with Crippen molar-refractivity contribution in [1.29, 1.82) is 0 Å². The second-order valence-corrected chi connectivity index (χ2v) is 7.39. The quantitative estimate of drug-likeness (QED) is 0.305. The second kappa shape index (κ2) is 8.59. The summed E-state index contributed by atoms with van der Waals surface area (Å²) < 4.78 is 0.734. The van der Waals surface area contributed by atoms with Gasteiger partial charge in [0.25, 0.3) is 11.8 Å². The molecule has 28 heavy (non-hydrogen) atoms. The van der Waals surface area contributed by atoms with Crippen molar-refractivity contribution in [2.24, 2.45) is 11.0 Å². The highest BCUT2D eigenvalue weighted by atomic mass is 79.9. The van der Waals surface area contributed by atoms with Crippen LogP contribution in [0.15, 0.2) is 58.1 Å². The Hall–Kier alpha value is -2.62. The Bertz CT molecular complexity index is 997. The van der Waals surface area contributed by atoms with Gasteiger partial charge < -0.3 is 5.32 Å². The van der Waals surface area contributed by atoms with Crippen molar-refractivity contribution in [1.82, 2.24) is 10.7 Å². The number of amides is 3. The molecule has 0 radical (unpaired) electrons. The van der Waals surface area contributed by atoms with Crippen LogP contribution in [0.1, 0.15) is 10.4 Å². The number of thiocarbonyl (C=S) groups is 1. The number of rotatable bonds is 4. The van der Waals surface area contributed by atoms with Gasteiger partial charge in [-0.05, 0) is 54.7 Å². The summed E-state index contributed by atoms with van der Waals surface area (Å²) in [5.41, 5.74) is 3.12. The van der Waals surface area contributed by atoms with Gasteiger partial charge in [0, 0.05) is 21.3 Å². The molecule has 3 amide bonds. The zero-order valence-corrected chi connectivity index (χ0v) is 17.2. The first-order valence-corrected chi connectivity index (χ1v) is 9.48. The van der Waals surface area contributed by atoms with E-state index in [1.807, 2.05) is 0 Å². The number of nitrogens with zero attached hydrogens (tertiary/aromatic N) is 2. The Morgan fingerprint density at radius 1 is 1.25 bits per heavy atom. The first kappa shape index (κ1) is 20.1. The van der Waals surface area contributed by atoms with Crippen LogP contribution in [0.5, 0.6) is 0 Å². The molecule has 1 saturated heterocycles. The second-order valence-electron chi connectivity index (χ2n) is 5.65. The minimum Gasteiger partial charge on any atom is -0.301 e. The molecule has 2 aromatic rings. The summed E-state index contributed by atoms with van der Waals surface area (Å²) in [5, 5.41) is 6.67. The molecule has 0 aliphatic carbocycles. The molecule has 10 heteroatoms. The van der Waals surface area contributed by atoms with E-state index < -0.39 is 23.6 Å². The van der Waals surface area contributed by atoms with Crippen molar-refractivity contribution in [3.63, 3.8) is 0 Å². The minimum atomic E-state index is -1.25. The topological polar surface area (TPSA) is 90.9 Å². The van der Waals surface area contributed by atoms with Gasteiger partial charge >= 0.3 is 0 Å². The first-order chi connectivity index (χ1) is 13.4. The number of hydrazone groups is 1. The number of benzene rings is 2.